The van der Waals surface area contributed by atoms with Crippen molar-refractivity contribution in [3.05, 3.63) is 12.2 Å². The van der Waals surface area contributed by atoms with Gasteiger partial charge in [-0.25, -0.2) is 0 Å². The van der Waals surface area contributed by atoms with Gasteiger partial charge in [0, 0.05) is 0 Å². The fraction of sp³-hybridized carbons (Fsp3) is 0.400. The normalized spacial score (nSPS) is 7.75. The van der Waals surface area contributed by atoms with E-state index in [0.717, 1.165) is 0 Å². The van der Waals surface area contributed by atoms with Crippen LogP contribution in [0.2, 0.25) is 0 Å². The van der Waals surface area contributed by atoms with E-state index in [4.69, 9.17) is 0 Å². The van der Waals surface area contributed by atoms with Crippen LogP contribution >= 0.6 is 12.2 Å². The maximum Gasteiger partial charge on any atom is 0.160 e. The lowest BCUT2D eigenvalue weighted by atomic mass is 10.6. The Morgan fingerprint density at radius 1 is 1.25 bits per heavy atom. The molecule has 0 aromatic rings. The summed E-state index contributed by atoms with van der Waals surface area (Å²) in [6.45, 7) is 4.00. The fourth-order valence-electron chi connectivity index (χ4n) is 0. The molecule has 0 aliphatic heterocycles. The van der Waals surface area contributed by atoms with Crippen molar-refractivity contribution >= 4 is 17.3 Å². The summed E-state index contributed by atoms with van der Waals surface area (Å²) in [7, 11) is 0. The van der Waals surface area contributed by atoms with Crippen LogP contribution in [0.25, 0.3) is 0 Å². The number of hydrogen-bond acceptors (Lipinski definition) is 1. The number of rotatable bonds is 0. The van der Waals surface area contributed by atoms with Gasteiger partial charge in [0.2, 0.25) is 0 Å². The molecule has 0 bridgehead atoms. The Kier molecular flexibility index (Phi) is 12.6. The molecule has 3 heteroatoms. The van der Waals surface area contributed by atoms with Gasteiger partial charge >= 0.3 is 0 Å². The van der Waals surface area contributed by atoms with Crippen LogP contribution in [0.1, 0.15) is 13.8 Å². The Morgan fingerprint density at radius 2 is 1.38 bits per heavy atom. The van der Waals surface area contributed by atoms with E-state index in [0.29, 0.717) is 0 Å². The second-order valence-corrected chi connectivity index (χ2v) is 1.54. The molecule has 0 atom stereocenters. The highest BCUT2D eigenvalue weighted by Gasteiger charge is 1.53. The summed E-state index contributed by atoms with van der Waals surface area (Å²) in [5.41, 5.74) is 9.24. The van der Waals surface area contributed by atoms with E-state index in [2.05, 4.69) is 23.7 Å². The molecule has 0 amide bonds. The van der Waals surface area contributed by atoms with E-state index < -0.39 is 0 Å². The average molecular weight is 132 g/mol. The van der Waals surface area contributed by atoms with Crippen molar-refractivity contribution in [3.8, 4) is 0 Å². The standard InChI is InChI=1S/C4H8.CH4N2S/c1-3-4-2;2-1(3)4/h3-4H,1-2H3;(H4,2,3,4). The molecule has 4 N–H and O–H groups in total. The van der Waals surface area contributed by atoms with E-state index >= 15 is 0 Å². The molecule has 0 heterocycles. The van der Waals surface area contributed by atoms with Gasteiger partial charge in [0.05, 0.1) is 0 Å². The van der Waals surface area contributed by atoms with Crippen molar-refractivity contribution in [2.45, 2.75) is 13.8 Å². The molecule has 0 spiro atoms. The molecule has 0 aromatic heterocycles. The van der Waals surface area contributed by atoms with Gasteiger partial charge in [-0.1, -0.05) is 12.2 Å². The van der Waals surface area contributed by atoms with E-state index in [1.807, 2.05) is 26.0 Å². The van der Waals surface area contributed by atoms with Crippen LogP contribution < -0.4 is 11.5 Å². The number of thiocarbonyl (C=S) groups is 1. The van der Waals surface area contributed by atoms with Gasteiger partial charge in [-0.2, -0.15) is 0 Å². The minimum atomic E-state index is 0.000000000000000222. The van der Waals surface area contributed by atoms with E-state index in [1.54, 1.807) is 0 Å². The third kappa shape index (κ3) is 576. The predicted molar refractivity (Wildman–Crippen MR) is 41.5 cm³/mol. The molecule has 8 heavy (non-hydrogen) atoms. The highest BCUT2D eigenvalue weighted by Crippen LogP contribution is 1.57. The molecule has 0 radical (unpaired) electrons. The molecule has 2 nitrogen and oxygen atoms in total. The van der Waals surface area contributed by atoms with E-state index in [9.17, 15) is 0 Å². The first-order valence-corrected chi connectivity index (χ1v) is 2.68. The molecule has 0 fully saturated rings. The Balaban J connectivity index is 0. The van der Waals surface area contributed by atoms with Gasteiger partial charge in [-0.15, -0.1) is 0 Å². The van der Waals surface area contributed by atoms with Crippen LogP contribution in [-0.2, 0) is 0 Å². The van der Waals surface area contributed by atoms with Crippen molar-refractivity contribution in [1.29, 1.82) is 0 Å². The highest BCUT2D eigenvalue weighted by molar-refractivity contribution is 7.80. The highest BCUT2D eigenvalue weighted by atomic mass is 32.1. The van der Waals surface area contributed by atoms with Gasteiger partial charge in [0.15, 0.2) is 5.11 Å². The zero-order valence-corrected chi connectivity index (χ0v) is 6.03. The largest absolute Gasteiger partial charge is 0.377 e. The maximum absolute atomic E-state index is 4.62. The summed E-state index contributed by atoms with van der Waals surface area (Å²) in [6, 6.07) is 0. The molecule has 0 aliphatic carbocycles. The molecule has 0 unspecified atom stereocenters. The van der Waals surface area contributed by atoms with Crippen molar-refractivity contribution in [2.24, 2.45) is 11.5 Å². The molecule has 0 aromatic carbocycles. The fourth-order valence-corrected chi connectivity index (χ4v) is 0. The van der Waals surface area contributed by atoms with Crippen LogP contribution in [0.15, 0.2) is 12.2 Å². The number of allylic oxidation sites excluding steroid dienone is 2. The number of nitrogens with two attached hydrogens (primary N) is 2. The second-order valence-electron chi connectivity index (χ2n) is 1.07. The van der Waals surface area contributed by atoms with Crippen LogP contribution in [0, 0.1) is 0 Å². The van der Waals surface area contributed by atoms with Gasteiger partial charge < -0.3 is 11.5 Å². The lowest BCUT2D eigenvalue weighted by Gasteiger charge is -1.68. The summed E-state index contributed by atoms with van der Waals surface area (Å²) in [5.74, 6) is 0. The minimum Gasteiger partial charge on any atom is -0.377 e. The Hall–Kier alpha value is -0.570. The third-order valence-corrected chi connectivity index (χ3v) is 0.333. The molecular formula is C5H12N2S. The van der Waals surface area contributed by atoms with Crippen molar-refractivity contribution in [1.82, 2.24) is 0 Å². The Morgan fingerprint density at radius 3 is 1.38 bits per heavy atom. The SMILES string of the molecule is CC=CC.NC(N)=S. The molecule has 0 rings (SSSR count). The first-order chi connectivity index (χ1) is 3.65. The van der Waals surface area contributed by atoms with Gasteiger partial charge in [-0.05, 0) is 26.1 Å². The summed E-state index contributed by atoms with van der Waals surface area (Å²) >= 11 is 4.09. The molecule has 48 valence electrons. The average Bonchev–Trinajstić information content (AvgIpc) is 1.65. The van der Waals surface area contributed by atoms with E-state index in [-0.39, 0.29) is 5.11 Å². The maximum atomic E-state index is 4.62. The molecule has 0 saturated heterocycles. The lowest BCUT2D eigenvalue weighted by molar-refractivity contribution is 1.64. The van der Waals surface area contributed by atoms with E-state index in [1.165, 1.54) is 0 Å². The Labute approximate surface area is 55.6 Å². The van der Waals surface area contributed by atoms with Crippen LogP contribution in [0.3, 0.4) is 0 Å². The van der Waals surface area contributed by atoms with Crippen molar-refractivity contribution in [2.75, 3.05) is 0 Å². The monoisotopic (exact) mass is 132 g/mol. The summed E-state index contributed by atoms with van der Waals surface area (Å²) in [5, 5.41) is 0.000000000000000222. The van der Waals surface area contributed by atoms with Crippen LogP contribution in [-0.4, -0.2) is 5.11 Å². The first-order valence-electron chi connectivity index (χ1n) is 2.27. The zero-order valence-electron chi connectivity index (χ0n) is 5.22. The smallest absolute Gasteiger partial charge is 0.160 e. The summed E-state index contributed by atoms with van der Waals surface area (Å²) in [6.07, 6.45) is 4.00. The minimum absolute atomic E-state index is 0.000000000000000222. The molecule has 0 saturated carbocycles. The van der Waals surface area contributed by atoms with Gasteiger partial charge in [-0.3, -0.25) is 0 Å². The zero-order chi connectivity index (χ0) is 6.99. The lowest BCUT2D eigenvalue weighted by Crippen LogP contribution is -2.18. The topological polar surface area (TPSA) is 52.0 Å². The quantitative estimate of drug-likeness (QED) is 0.378. The summed E-state index contributed by atoms with van der Waals surface area (Å²) in [4.78, 5) is 0. The van der Waals surface area contributed by atoms with Crippen molar-refractivity contribution in [3.63, 3.8) is 0 Å². The van der Waals surface area contributed by atoms with Crippen LogP contribution in [0.5, 0.6) is 0 Å². The van der Waals surface area contributed by atoms with Crippen molar-refractivity contribution < 1.29 is 0 Å². The summed E-state index contributed by atoms with van der Waals surface area (Å²) < 4.78 is 0. The molecular weight excluding hydrogens is 120 g/mol. The third-order valence-electron chi connectivity index (χ3n) is 0.333. The number of hydrogen-bond donors (Lipinski definition) is 2. The second kappa shape index (κ2) is 9.66. The molecule has 0 aliphatic rings. The first kappa shape index (κ1) is 10.4. The van der Waals surface area contributed by atoms with Crippen LogP contribution in [0.4, 0.5) is 0 Å². The van der Waals surface area contributed by atoms with Gasteiger partial charge in [0.25, 0.3) is 0 Å². The van der Waals surface area contributed by atoms with Gasteiger partial charge in [0.1, 0.15) is 0 Å². The Bertz CT molecular complexity index is 70.5. The predicted octanol–water partition coefficient (Wildman–Crippen LogP) is 0.771.